The lowest BCUT2D eigenvalue weighted by Crippen LogP contribution is -1.87. The Kier molecular flexibility index (Phi) is 2.20. The summed E-state index contributed by atoms with van der Waals surface area (Å²) in [5, 5.41) is 11.3. The first kappa shape index (κ1) is 8.77. The standard InChI is InChI=1S/C13H10N/c1-2-12-11(9-14)8-7-10-5-3-4-6-13(10)12/h2-8H,1H3. The Balaban J connectivity index is 2.85. The number of nitrogens with zero attached hydrogens (tertiary/aromatic N) is 1. The monoisotopic (exact) mass is 180 g/mol. The molecule has 0 bridgehead atoms. The highest BCUT2D eigenvalue weighted by Gasteiger charge is 2.04. The zero-order valence-electron chi connectivity index (χ0n) is 7.99. The highest BCUT2D eigenvalue weighted by atomic mass is 14.2. The summed E-state index contributed by atoms with van der Waals surface area (Å²) in [6.45, 7) is 1.96. The van der Waals surface area contributed by atoms with Gasteiger partial charge in [0.15, 0.2) is 0 Å². The lowest BCUT2D eigenvalue weighted by Gasteiger charge is -2.05. The van der Waals surface area contributed by atoms with Crippen LogP contribution >= 0.6 is 0 Å². The lowest BCUT2D eigenvalue weighted by molar-refractivity contribution is 1.40. The number of hydrogen-bond acceptors (Lipinski definition) is 1. The Morgan fingerprint density at radius 2 is 1.93 bits per heavy atom. The van der Waals surface area contributed by atoms with Gasteiger partial charge in [-0.05, 0) is 28.8 Å². The van der Waals surface area contributed by atoms with Gasteiger partial charge in [-0.2, -0.15) is 5.26 Å². The van der Waals surface area contributed by atoms with Crippen LogP contribution in [0.15, 0.2) is 36.4 Å². The fourth-order valence-corrected chi connectivity index (χ4v) is 1.70. The molecule has 2 aromatic rings. The molecule has 1 heteroatoms. The van der Waals surface area contributed by atoms with E-state index in [-0.39, 0.29) is 0 Å². The maximum atomic E-state index is 8.94. The summed E-state index contributed by atoms with van der Waals surface area (Å²) < 4.78 is 0. The van der Waals surface area contributed by atoms with Crippen molar-refractivity contribution in [2.45, 2.75) is 6.92 Å². The molecule has 0 amide bonds. The Morgan fingerprint density at radius 1 is 1.14 bits per heavy atom. The minimum Gasteiger partial charge on any atom is -0.192 e. The predicted molar refractivity (Wildman–Crippen MR) is 57.7 cm³/mol. The summed E-state index contributed by atoms with van der Waals surface area (Å²) in [6.07, 6.45) is 1.99. The second-order valence-corrected chi connectivity index (χ2v) is 3.15. The average molecular weight is 180 g/mol. The fourth-order valence-electron chi connectivity index (χ4n) is 1.70. The predicted octanol–water partition coefficient (Wildman–Crippen LogP) is 3.28. The van der Waals surface area contributed by atoms with Crippen LogP contribution in [-0.4, -0.2) is 0 Å². The maximum absolute atomic E-state index is 8.94. The van der Waals surface area contributed by atoms with Crippen molar-refractivity contribution in [1.82, 2.24) is 0 Å². The first-order valence-electron chi connectivity index (χ1n) is 4.58. The van der Waals surface area contributed by atoms with Gasteiger partial charge in [0.05, 0.1) is 11.6 Å². The van der Waals surface area contributed by atoms with Crippen LogP contribution in [0, 0.1) is 17.8 Å². The number of fused-ring (bicyclic) bond motifs is 1. The van der Waals surface area contributed by atoms with E-state index in [1.54, 1.807) is 0 Å². The first-order valence-corrected chi connectivity index (χ1v) is 4.58. The van der Waals surface area contributed by atoms with Crippen molar-refractivity contribution >= 4 is 10.8 Å². The van der Waals surface area contributed by atoms with E-state index in [9.17, 15) is 0 Å². The Labute approximate surface area is 83.6 Å². The molecule has 0 N–H and O–H groups in total. The molecule has 0 spiro atoms. The van der Waals surface area contributed by atoms with Gasteiger partial charge in [0.1, 0.15) is 0 Å². The Morgan fingerprint density at radius 3 is 2.64 bits per heavy atom. The third-order valence-corrected chi connectivity index (χ3v) is 2.38. The number of benzene rings is 2. The van der Waals surface area contributed by atoms with Crippen LogP contribution in [0.5, 0.6) is 0 Å². The molecular weight excluding hydrogens is 170 g/mol. The average Bonchev–Trinajstić information content (AvgIpc) is 2.27. The van der Waals surface area contributed by atoms with Crippen LogP contribution in [0.3, 0.4) is 0 Å². The maximum Gasteiger partial charge on any atom is 0.0994 e. The van der Waals surface area contributed by atoms with E-state index in [0.29, 0.717) is 0 Å². The van der Waals surface area contributed by atoms with Crippen molar-refractivity contribution in [1.29, 1.82) is 5.26 Å². The van der Waals surface area contributed by atoms with Gasteiger partial charge in [-0.1, -0.05) is 37.3 Å². The molecule has 0 aliphatic rings. The van der Waals surface area contributed by atoms with E-state index < -0.39 is 0 Å². The number of nitriles is 1. The van der Waals surface area contributed by atoms with Gasteiger partial charge in [-0.25, -0.2) is 0 Å². The normalized spacial score (nSPS) is 10.0. The summed E-state index contributed by atoms with van der Waals surface area (Å²) >= 11 is 0. The van der Waals surface area contributed by atoms with E-state index in [2.05, 4.69) is 12.1 Å². The summed E-state index contributed by atoms with van der Waals surface area (Å²) in [7, 11) is 0. The van der Waals surface area contributed by atoms with E-state index in [1.165, 1.54) is 5.39 Å². The van der Waals surface area contributed by atoms with E-state index in [4.69, 9.17) is 5.26 Å². The Hall–Kier alpha value is -1.81. The second kappa shape index (κ2) is 3.51. The minimum absolute atomic E-state index is 0.742. The number of hydrogen-bond donors (Lipinski definition) is 0. The third-order valence-electron chi connectivity index (χ3n) is 2.38. The van der Waals surface area contributed by atoms with Crippen molar-refractivity contribution in [2.75, 3.05) is 0 Å². The first-order chi connectivity index (χ1) is 6.86. The molecule has 0 saturated heterocycles. The molecule has 0 aliphatic heterocycles. The van der Waals surface area contributed by atoms with Gasteiger partial charge >= 0.3 is 0 Å². The van der Waals surface area contributed by atoms with E-state index >= 15 is 0 Å². The minimum atomic E-state index is 0.742. The molecule has 1 nitrogen and oxygen atoms in total. The smallest absolute Gasteiger partial charge is 0.0994 e. The molecule has 0 aliphatic carbocycles. The fraction of sp³-hybridized carbons (Fsp3) is 0.0769. The highest BCUT2D eigenvalue weighted by molar-refractivity contribution is 5.88. The van der Waals surface area contributed by atoms with E-state index in [1.807, 2.05) is 43.7 Å². The quantitative estimate of drug-likeness (QED) is 0.660. The zero-order chi connectivity index (χ0) is 9.97. The van der Waals surface area contributed by atoms with Crippen molar-refractivity contribution in [2.24, 2.45) is 0 Å². The van der Waals surface area contributed by atoms with Gasteiger partial charge in [-0.15, -0.1) is 0 Å². The summed E-state index contributed by atoms with van der Waals surface area (Å²) in [4.78, 5) is 0. The molecule has 0 unspecified atom stereocenters. The van der Waals surface area contributed by atoms with E-state index in [0.717, 1.165) is 16.5 Å². The lowest BCUT2D eigenvalue weighted by atomic mass is 9.98. The summed E-state index contributed by atoms with van der Waals surface area (Å²) in [5.74, 6) is 0. The van der Waals surface area contributed by atoms with Gasteiger partial charge < -0.3 is 0 Å². The molecule has 14 heavy (non-hydrogen) atoms. The molecule has 67 valence electrons. The summed E-state index contributed by atoms with van der Waals surface area (Å²) in [6, 6.07) is 14.2. The van der Waals surface area contributed by atoms with Crippen molar-refractivity contribution in [3.8, 4) is 6.07 Å². The SMILES string of the molecule is C[CH]c1c(C#N)ccc2ccccc12. The molecular formula is C13H10N. The Bertz CT molecular complexity index is 506. The zero-order valence-corrected chi connectivity index (χ0v) is 7.99. The third kappa shape index (κ3) is 1.25. The molecule has 0 atom stereocenters. The topological polar surface area (TPSA) is 23.8 Å². The van der Waals surface area contributed by atoms with Gasteiger partial charge in [0.25, 0.3) is 0 Å². The second-order valence-electron chi connectivity index (χ2n) is 3.15. The van der Waals surface area contributed by atoms with Crippen LogP contribution in [0.2, 0.25) is 0 Å². The summed E-state index contributed by atoms with van der Waals surface area (Å²) in [5.41, 5.74) is 1.77. The molecule has 2 aromatic carbocycles. The largest absolute Gasteiger partial charge is 0.192 e. The molecule has 0 saturated carbocycles. The van der Waals surface area contributed by atoms with Crippen molar-refractivity contribution in [3.05, 3.63) is 53.9 Å². The molecule has 1 radical (unpaired) electrons. The molecule has 0 fully saturated rings. The van der Waals surface area contributed by atoms with Crippen LogP contribution in [0.1, 0.15) is 18.1 Å². The van der Waals surface area contributed by atoms with Crippen LogP contribution in [-0.2, 0) is 0 Å². The van der Waals surface area contributed by atoms with Gasteiger partial charge in [0.2, 0.25) is 0 Å². The highest BCUT2D eigenvalue weighted by Crippen LogP contribution is 2.23. The molecule has 0 aromatic heterocycles. The van der Waals surface area contributed by atoms with Crippen LogP contribution in [0.25, 0.3) is 10.8 Å². The van der Waals surface area contributed by atoms with Crippen molar-refractivity contribution in [3.63, 3.8) is 0 Å². The number of rotatable bonds is 1. The van der Waals surface area contributed by atoms with Crippen LogP contribution in [0.4, 0.5) is 0 Å². The van der Waals surface area contributed by atoms with Gasteiger partial charge in [-0.3, -0.25) is 0 Å². The molecule has 2 rings (SSSR count). The molecule has 0 heterocycles. The van der Waals surface area contributed by atoms with Crippen LogP contribution < -0.4 is 0 Å². The van der Waals surface area contributed by atoms with Gasteiger partial charge in [0, 0.05) is 0 Å². The van der Waals surface area contributed by atoms with Crippen molar-refractivity contribution < 1.29 is 0 Å².